The monoisotopic (exact) mass is 629 g/mol. The number of hydrogen-bond donors (Lipinski definition) is 1. The zero-order valence-corrected chi connectivity index (χ0v) is 26.2. The molecule has 45 heavy (non-hydrogen) atoms. The third-order valence-corrected chi connectivity index (χ3v) is 9.49. The van der Waals surface area contributed by atoms with Gasteiger partial charge in [0, 0.05) is 55.1 Å². The molecule has 1 aliphatic rings. The summed E-state index contributed by atoms with van der Waals surface area (Å²) in [4.78, 5) is 32.0. The van der Waals surface area contributed by atoms with Crippen LogP contribution in [0.5, 0.6) is 0 Å². The average Bonchev–Trinajstić information content (AvgIpc) is 3.62. The summed E-state index contributed by atoms with van der Waals surface area (Å²) < 4.78 is 36.4. The van der Waals surface area contributed by atoms with Crippen molar-refractivity contribution in [2.75, 3.05) is 19.6 Å². The summed E-state index contributed by atoms with van der Waals surface area (Å²) >= 11 is 0. The van der Waals surface area contributed by atoms with Gasteiger partial charge in [0.05, 0.1) is 22.5 Å². The van der Waals surface area contributed by atoms with Crippen LogP contribution in [0, 0.1) is 5.92 Å². The molecule has 0 radical (unpaired) electrons. The molecule has 1 atom stereocenters. The van der Waals surface area contributed by atoms with Gasteiger partial charge in [-0.1, -0.05) is 18.2 Å². The molecular weight excluding hydrogens is 594 g/mol. The smallest absolute Gasteiger partial charge is 0.410 e. The van der Waals surface area contributed by atoms with E-state index in [2.05, 4.69) is 20.5 Å². The minimum Gasteiger partial charge on any atom is -0.444 e. The highest BCUT2D eigenvalue weighted by Gasteiger charge is 2.31. The van der Waals surface area contributed by atoms with E-state index in [0.717, 1.165) is 16.6 Å². The third-order valence-electron chi connectivity index (χ3n) is 7.73. The minimum atomic E-state index is -4.03. The van der Waals surface area contributed by atoms with Gasteiger partial charge in [0.25, 0.3) is 10.0 Å². The molecule has 1 N–H and O–H groups in total. The van der Waals surface area contributed by atoms with Gasteiger partial charge < -0.3 is 15.0 Å². The summed E-state index contributed by atoms with van der Waals surface area (Å²) in [7, 11) is -4.03. The number of benzene rings is 1. The molecule has 0 aliphatic carbocycles. The number of nitrogens with zero attached hydrogens (tertiary/aromatic N) is 6. The fourth-order valence-corrected chi connectivity index (χ4v) is 7.22. The number of piperidine rings is 1. The molecule has 5 heterocycles. The fourth-order valence-electron chi connectivity index (χ4n) is 5.68. The summed E-state index contributed by atoms with van der Waals surface area (Å²) in [5, 5.41) is 12.2. The molecule has 5 aromatic rings. The van der Waals surface area contributed by atoms with E-state index in [-0.39, 0.29) is 41.9 Å². The van der Waals surface area contributed by atoms with E-state index in [0.29, 0.717) is 30.5 Å². The van der Waals surface area contributed by atoms with Crippen LogP contribution < -0.4 is 5.32 Å². The lowest BCUT2D eigenvalue weighted by atomic mass is 9.97. The number of carbonyl (C=O) groups excluding carboxylic acids is 2. The molecule has 12 nitrogen and oxygen atoms in total. The predicted octanol–water partition coefficient (Wildman–Crippen LogP) is 4.29. The van der Waals surface area contributed by atoms with Crippen molar-refractivity contribution < 1.29 is 22.7 Å². The summed E-state index contributed by atoms with van der Waals surface area (Å²) in [5.74, 6) is -0.572. The Morgan fingerprint density at radius 1 is 1.02 bits per heavy atom. The van der Waals surface area contributed by atoms with Crippen molar-refractivity contribution >= 4 is 38.6 Å². The van der Waals surface area contributed by atoms with Crippen LogP contribution in [0.2, 0.25) is 0 Å². The lowest BCUT2D eigenvalue weighted by molar-refractivity contribution is -0.126. The van der Waals surface area contributed by atoms with Gasteiger partial charge in [-0.15, -0.1) is 0 Å². The molecule has 13 heteroatoms. The largest absolute Gasteiger partial charge is 0.444 e. The van der Waals surface area contributed by atoms with Gasteiger partial charge in [-0.25, -0.2) is 22.2 Å². The van der Waals surface area contributed by atoms with Gasteiger partial charge >= 0.3 is 6.09 Å². The molecule has 1 aliphatic heterocycles. The van der Waals surface area contributed by atoms with Crippen LogP contribution in [-0.2, 0) is 26.0 Å². The van der Waals surface area contributed by atoms with E-state index in [9.17, 15) is 18.0 Å². The number of rotatable bonds is 7. The maximum atomic E-state index is 14.0. The molecule has 1 fully saturated rings. The molecule has 1 saturated heterocycles. The average molecular weight is 630 g/mol. The molecule has 1 aromatic carbocycles. The van der Waals surface area contributed by atoms with Crippen molar-refractivity contribution in [2.45, 2.75) is 50.5 Å². The van der Waals surface area contributed by atoms with Crippen LogP contribution in [0.15, 0.2) is 78.1 Å². The molecular formula is C32H35N7O5S. The second-order valence-electron chi connectivity index (χ2n) is 12.1. The van der Waals surface area contributed by atoms with E-state index in [1.807, 2.05) is 45.0 Å². The second-order valence-corrected chi connectivity index (χ2v) is 13.9. The highest BCUT2D eigenvalue weighted by molar-refractivity contribution is 7.90. The fraction of sp³-hybridized carbons (Fsp3) is 0.344. The molecule has 0 saturated carbocycles. The number of aromatic nitrogens is 5. The summed E-state index contributed by atoms with van der Waals surface area (Å²) in [6, 6.07) is 15.6. The Hall–Kier alpha value is -4.78. The Bertz CT molecular complexity index is 1980. The topological polar surface area (TPSA) is 141 Å². The molecule has 2 amide bonds. The quantitative estimate of drug-likeness (QED) is 0.281. The van der Waals surface area contributed by atoms with Crippen molar-refractivity contribution in [3.8, 4) is 11.1 Å². The van der Waals surface area contributed by atoms with E-state index in [1.165, 1.54) is 8.60 Å². The number of hydrogen-bond acceptors (Lipinski definition) is 8. The summed E-state index contributed by atoms with van der Waals surface area (Å²) in [6.45, 7) is 6.43. The van der Waals surface area contributed by atoms with Gasteiger partial charge in [0.2, 0.25) is 5.91 Å². The minimum absolute atomic E-state index is 0.129. The number of nitrogens with one attached hydrogen (secondary N) is 1. The Morgan fingerprint density at radius 3 is 2.60 bits per heavy atom. The standard InChI is InChI=1S/C32H35N7O5S/c1-32(2,3)44-31(41)37-18-8-9-22(21-37)30(40)34-16-13-23-19-26-25(27-20-36-39-28(27)12-7-15-35-39)14-17-33-29(26)38(23)45(42,43)24-10-5-4-6-11-24/h4-7,10-12,14-15,17,19-20,22H,8-9,13,16,18,21H2,1-3H3,(H,34,40)/t22-/m0/s1. The Kier molecular flexibility index (Phi) is 8.04. The van der Waals surface area contributed by atoms with Crippen LogP contribution in [0.1, 0.15) is 39.3 Å². The van der Waals surface area contributed by atoms with Gasteiger partial charge in [0.1, 0.15) is 5.60 Å². The van der Waals surface area contributed by atoms with Crippen LogP contribution in [0.25, 0.3) is 27.7 Å². The van der Waals surface area contributed by atoms with Crippen molar-refractivity contribution in [2.24, 2.45) is 5.92 Å². The Balaban J connectivity index is 1.29. The zero-order chi connectivity index (χ0) is 31.8. The summed E-state index contributed by atoms with van der Waals surface area (Å²) in [5.41, 5.74) is 2.45. The van der Waals surface area contributed by atoms with Crippen LogP contribution in [0.3, 0.4) is 0 Å². The maximum Gasteiger partial charge on any atom is 0.410 e. The molecule has 4 aromatic heterocycles. The molecule has 0 unspecified atom stereocenters. The lowest BCUT2D eigenvalue weighted by Crippen LogP contribution is -2.47. The van der Waals surface area contributed by atoms with E-state index >= 15 is 0 Å². The zero-order valence-electron chi connectivity index (χ0n) is 25.4. The van der Waals surface area contributed by atoms with Crippen LogP contribution >= 0.6 is 0 Å². The first kappa shape index (κ1) is 30.3. The number of amides is 2. The Labute approximate surface area is 261 Å². The van der Waals surface area contributed by atoms with Gasteiger partial charge in [-0.3, -0.25) is 4.79 Å². The second kappa shape index (κ2) is 12.0. The molecule has 234 valence electrons. The lowest BCUT2D eigenvalue weighted by Gasteiger charge is -2.33. The van der Waals surface area contributed by atoms with Crippen molar-refractivity contribution in [1.82, 2.24) is 34.0 Å². The van der Waals surface area contributed by atoms with E-state index < -0.39 is 21.7 Å². The van der Waals surface area contributed by atoms with E-state index in [1.54, 1.807) is 53.8 Å². The van der Waals surface area contributed by atoms with Gasteiger partial charge in [0.15, 0.2) is 5.65 Å². The van der Waals surface area contributed by atoms with Crippen molar-refractivity contribution in [1.29, 1.82) is 0 Å². The van der Waals surface area contributed by atoms with Crippen LogP contribution in [0.4, 0.5) is 4.79 Å². The number of pyridine rings is 1. The van der Waals surface area contributed by atoms with Crippen molar-refractivity contribution in [3.63, 3.8) is 0 Å². The number of likely N-dealkylation sites (tertiary alicyclic amines) is 1. The van der Waals surface area contributed by atoms with Gasteiger partial charge in [-0.05, 0) is 75.6 Å². The number of ether oxygens (including phenoxy) is 1. The first-order valence-corrected chi connectivity index (χ1v) is 16.3. The maximum absolute atomic E-state index is 14.0. The summed E-state index contributed by atoms with van der Waals surface area (Å²) in [6.07, 6.45) is 6.06. The first-order valence-electron chi connectivity index (χ1n) is 14.9. The van der Waals surface area contributed by atoms with Gasteiger partial charge in [-0.2, -0.15) is 14.8 Å². The first-order chi connectivity index (χ1) is 21.5. The number of carbonyl (C=O) groups is 2. The Morgan fingerprint density at radius 2 is 1.82 bits per heavy atom. The normalized spacial score (nSPS) is 15.8. The highest BCUT2D eigenvalue weighted by Crippen LogP contribution is 2.34. The van der Waals surface area contributed by atoms with E-state index in [4.69, 9.17) is 4.74 Å². The van der Waals surface area contributed by atoms with Crippen LogP contribution in [-0.4, -0.2) is 74.3 Å². The SMILES string of the molecule is CC(C)(C)OC(=O)N1CCC[C@H](C(=O)NCCc2cc3c(-c4cnn5ncccc45)ccnc3n2S(=O)(=O)c2ccccc2)C1. The molecule has 0 spiro atoms. The highest BCUT2D eigenvalue weighted by atomic mass is 32.2. The van der Waals surface area contributed by atoms with Crippen molar-refractivity contribution in [3.05, 3.63) is 78.9 Å². The number of fused-ring (bicyclic) bond motifs is 2. The third kappa shape index (κ3) is 6.12. The predicted molar refractivity (Wildman–Crippen MR) is 168 cm³/mol. The molecule has 6 rings (SSSR count). The molecule has 0 bridgehead atoms.